The van der Waals surface area contributed by atoms with Crippen molar-refractivity contribution in [1.29, 1.82) is 0 Å². The van der Waals surface area contributed by atoms with Gasteiger partial charge in [-0.1, -0.05) is 42.5 Å². The standard InChI is InChI=1S/C27H30N2O3/c1-27(2,3)32-26(30)29-15-13-25(14-16-29)31-24-11-9-21(10-12-24)23-17-22(18-28-19-23)20-7-5-4-6-8-20/h4-12,17-19,25H,13-16H2,1-3H3. The average Bonchev–Trinajstić information content (AvgIpc) is 2.80. The molecule has 0 unspecified atom stereocenters. The molecule has 32 heavy (non-hydrogen) atoms. The van der Waals surface area contributed by atoms with Gasteiger partial charge in [-0.3, -0.25) is 4.98 Å². The van der Waals surface area contributed by atoms with E-state index in [-0.39, 0.29) is 12.2 Å². The fraction of sp³-hybridized carbons (Fsp3) is 0.333. The van der Waals surface area contributed by atoms with Crippen LogP contribution in [0, 0.1) is 0 Å². The molecule has 1 fully saturated rings. The lowest BCUT2D eigenvalue weighted by atomic mass is 10.0. The first-order valence-corrected chi connectivity index (χ1v) is 11.1. The van der Waals surface area contributed by atoms with Gasteiger partial charge in [0.1, 0.15) is 17.5 Å². The summed E-state index contributed by atoms with van der Waals surface area (Å²) in [5, 5.41) is 0. The number of pyridine rings is 1. The number of ether oxygens (including phenoxy) is 2. The van der Waals surface area contributed by atoms with Crippen molar-refractivity contribution in [1.82, 2.24) is 9.88 Å². The minimum Gasteiger partial charge on any atom is -0.490 e. The molecule has 3 aromatic rings. The molecule has 0 saturated carbocycles. The van der Waals surface area contributed by atoms with Crippen LogP contribution in [0.1, 0.15) is 33.6 Å². The Bertz CT molecular complexity index is 1030. The third-order valence-corrected chi connectivity index (χ3v) is 5.43. The highest BCUT2D eigenvalue weighted by Crippen LogP contribution is 2.28. The smallest absolute Gasteiger partial charge is 0.410 e. The summed E-state index contributed by atoms with van der Waals surface area (Å²) in [5.74, 6) is 0.844. The molecule has 1 amide bonds. The zero-order valence-electron chi connectivity index (χ0n) is 19.0. The van der Waals surface area contributed by atoms with Gasteiger partial charge in [-0.25, -0.2) is 4.79 Å². The molecular weight excluding hydrogens is 400 g/mol. The van der Waals surface area contributed by atoms with Crippen molar-refractivity contribution in [2.75, 3.05) is 13.1 Å². The lowest BCUT2D eigenvalue weighted by Gasteiger charge is -2.33. The summed E-state index contributed by atoms with van der Waals surface area (Å²) in [7, 11) is 0. The first-order valence-electron chi connectivity index (χ1n) is 11.1. The molecule has 0 N–H and O–H groups in total. The van der Waals surface area contributed by atoms with Crippen molar-refractivity contribution in [2.24, 2.45) is 0 Å². The zero-order chi connectivity index (χ0) is 22.6. The lowest BCUT2D eigenvalue weighted by molar-refractivity contribution is 0.0126. The summed E-state index contributed by atoms with van der Waals surface area (Å²) < 4.78 is 11.6. The molecule has 4 rings (SSSR count). The topological polar surface area (TPSA) is 51.7 Å². The summed E-state index contributed by atoms with van der Waals surface area (Å²) in [5.41, 5.74) is 3.95. The van der Waals surface area contributed by atoms with Gasteiger partial charge in [0, 0.05) is 49.5 Å². The summed E-state index contributed by atoms with van der Waals surface area (Å²) in [6.45, 7) is 6.96. The van der Waals surface area contributed by atoms with E-state index in [1.165, 1.54) is 0 Å². The van der Waals surface area contributed by atoms with Gasteiger partial charge in [-0.2, -0.15) is 0 Å². The Hall–Kier alpha value is -3.34. The predicted molar refractivity (Wildman–Crippen MR) is 127 cm³/mol. The van der Waals surface area contributed by atoms with Crippen LogP contribution in [0.3, 0.4) is 0 Å². The number of piperidine rings is 1. The number of amides is 1. The van der Waals surface area contributed by atoms with Gasteiger partial charge in [-0.15, -0.1) is 0 Å². The van der Waals surface area contributed by atoms with Crippen LogP contribution in [0.2, 0.25) is 0 Å². The number of hydrogen-bond donors (Lipinski definition) is 0. The maximum Gasteiger partial charge on any atom is 0.410 e. The fourth-order valence-corrected chi connectivity index (χ4v) is 3.79. The monoisotopic (exact) mass is 430 g/mol. The van der Waals surface area contributed by atoms with Crippen molar-refractivity contribution in [3.05, 3.63) is 73.1 Å². The summed E-state index contributed by atoms with van der Waals surface area (Å²) in [6, 6.07) is 20.6. The minimum atomic E-state index is -0.470. The minimum absolute atomic E-state index is 0.0996. The van der Waals surface area contributed by atoms with Crippen LogP contribution in [-0.2, 0) is 4.74 Å². The van der Waals surface area contributed by atoms with E-state index in [2.05, 4.69) is 35.3 Å². The summed E-state index contributed by atoms with van der Waals surface area (Å²) >= 11 is 0. The van der Waals surface area contributed by atoms with E-state index < -0.39 is 5.60 Å². The molecule has 0 radical (unpaired) electrons. The van der Waals surface area contributed by atoms with E-state index in [0.717, 1.165) is 40.8 Å². The molecule has 2 heterocycles. The van der Waals surface area contributed by atoms with E-state index in [1.54, 1.807) is 4.90 Å². The van der Waals surface area contributed by atoms with E-state index in [4.69, 9.17) is 9.47 Å². The first kappa shape index (κ1) is 21.9. The maximum absolute atomic E-state index is 12.2. The highest BCUT2D eigenvalue weighted by molar-refractivity contribution is 5.72. The molecule has 2 aromatic carbocycles. The number of carbonyl (C=O) groups excluding carboxylic acids is 1. The lowest BCUT2D eigenvalue weighted by Crippen LogP contribution is -2.44. The number of hydrogen-bond acceptors (Lipinski definition) is 4. The number of benzene rings is 2. The third-order valence-electron chi connectivity index (χ3n) is 5.43. The highest BCUT2D eigenvalue weighted by atomic mass is 16.6. The Morgan fingerprint density at radius 3 is 2.06 bits per heavy atom. The molecule has 5 nitrogen and oxygen atoms in total. The summed E-state index contributed by atoms with van der Waals surface area (Å²) in [6.07, 6.45) is 5.22. The van der Waals surface area contributed by atoms with Crippen LogP contribution < -0.4 is 4.74 Å². The largest absolute Gasteiger partial charge is 0.490 e. The average molecular weight is 431 g/mol. The molecule has 0 bridgehead atoms. The normalized spacial score (nSPS) is 14.8. The van der Waals surface area contributed by atoms with Crippen LogP contribution in [0.5, 0.6) is 5.75 Å². The Kier molecular flexibility index (Phi) is 6.45. The Labute approximate surface area is 190 Å². The van der Waals surface area contributed by atoms with Gasteiger partial charge < -0.3 is 14.4 Å². The number of carbonyl (C=O) groups is 1. The van der Waals surface area contributed by atoms with Crippen LogP contribution in [0.15, 0.2) is 73.1 Å². The second kappa shape index (κ2) is 9.43. The zero-order valence-corrected chi connectivity index (χ0v) is 19.0. The molecule has 1 aliphatic rings. The van der Waals surface area contributed by atoms with Crippen molar-refractivity contribution < 1.29 is 14.3 Å². The van der Waals surface area contributed by atoms with Crippen LogP contribution >= 0.6 is 0 Å². The molecule has 0 spiro atoms. The number of nitrogens with zero attached hydrogens (tertiary/aromatic N) is 2. The Morgan fingerprint density at radius 2 is 1.47 bits per heavy atom. The second-order valence-electron chi connectivity index (χ2n) is 9.14. The molecule has 0 atom stereocenters. The van der Waals surface area contributed by atoms with Gasteiger partial charge in [0.25, 0.3) is 0 Å². The van der Waals surface area contributed by atoms with E-state index in [9.17, 15) is 4.79 Å². The van der Waals surface area contributed by atoms with Gasteiger partial charge >= 0.3 is 6.09 Å². The van der Waals surface area contributed by atoms with Gasteiger partial charge in [0.2, 0.25) is 0 Å². The van der Waals surface area contributed by atoms with Crippen molar-refractivity contribution in [3.8, 4) is 28.0 Å². The van der Waals surface area contributed by atoms with Crippen LogP contribution in [-0.4, -0.2) is 40.8 Å². The molecule has 0 aliphatic carbocycles. The fourth-order valence-electron chi connectivity index (χ4n) is 3.79. The maximum atomic E-state index is 12.2. The summed E-state index contributed by atoms with van der Waals surface area (Å²) in [4.78, 5) is 18.4. The number of aromatic nitrogens is 1. The Balaban J connectivity index is 1.35. The highest BCUT2D eigenvalue weighted by Gasteiger charge is 2.27. The van der Waals surface area contributed by atoms with Crippen LogP contribution in [0.4, 0.5) is 4.79 Å². The number of likely N-dealkylation sites (tertiary alicyclic amines) is 1. The van der Waals surface area contributed by atoms with Crippen molar-refractivity contribution in [2.45, 2.75) is 45.3 Å². The number of rotatable bonds is 4. The van der Waals surface area contributed by atoms with E-state index in [0.29, 0.717) is 13.1 Å². The van der Waals surface area contributed by atoms with Crippen molar-refractivity contribution >= 4 is 6.09 Å². The van der Waals surface area contributed by atoms with Crippen LogP contribution in [0.25, 0.3) is 22.3 Å². The molecule has 1 aromatic heterocycles. The Morgan fingerprint density at radius 1 is 0.875 bits per heavy atom. The van der Waals surface area contributed by atoms with E-state index in [1.807, 2.05) is 63.5 Å². The van der Waals surface area contributed by atoms with E-state index >= 15 is 0 Å². The second-order valence-corrected chi connectivity index (χ2v) is 9.14. The molecule has 166 valence electrons. The van der Waals surface area contributed by atoms with Gasteiger partial charge in [-0.05, 0) is 50.1 Å². The van der Waals surface area contributed by atoms with Gasteiger partial charge in [0.15, 0.2) is 0 Å². The van der Waals surface area contributed by atoms with Crippen molar-refractivity contribution in [3.63, 3.8) is 0 Å². The predicted octanol–water partition coefficient (Wildman–Crippen LogP) is 6.19. The third kappa shape index (κ3) is 5.67. The van der Waals surface area contributed by atoms with Gasteiger partial charge in [0.05, 0.1) is 0 Å². The molecule has 1 aliphatic heterocycles. The SMILES string of the molecule is CC(C)(C)OC(=O)N1CCC(Oc2ccc(-c3cncc(-c4ccccc4)c3)cc2)CC1. The molecule has 5 heteroatoms. The molecule has 1 saturated heterocycles. The molecular formula is C27H30N2O3. The first-order chi connectivity index (χ1) is 15.4. The quantitative estimate of drug-likeness (QED) is 0.495.